The highest BCUT2D eigenvalue weighted by molar-refractivity contribution is 6.30. The lowest BCUT2D eigenvalue weighted by Crippen LogP contribution is -1.91. The largest absolute Gasteiger partial charge is 0.248 e. The van der Waals surface area contributed by atoms with Crippen molar-refractivity contribution < 1.29 is 4.39 Å². The first kappa shape index (κ1) is 14.9. The molecule has 0 bridgehead atoms. The summed E-state index contributed by atoms with van der Waals surface area (Å²) < 4.78 is 13.8. The van der Waals surface area contributed by atoms with Crippen LogP contribution in [0.25, 0.3) is 33.3 Å². The van der Waals surface area contributed by atoms with Crippen molar-refractivity contribution >= 4 is 22.5 Å². The van der Waals surface area contributed by atoms with Gasteiger partial charge in [-0.1, -0.05) is 54.1 Å². The van der Waals surface area contributed by atoms with E-state index in [0.29, 0.717) is 5.02 Å². The number of pyridine rings is 1. The van der Waals surface area contributed by atoms with Gasteiger partial charge in [0, 0.05) is 16.0 Å². The summed E-state index contributed by atoms with van der Waals surface area (Å²) in [5.41, 5.74) is 4.49. The lowest BCUT2D eigenvalue weighted by Gasteiger charge is -2.11. The van der Waals surface area contributed by atoms with Crippen LogP contribution in [-0.2, 0) is 0 Å². The summed E-state index contributed by atoms with van der Waals surface area (Å²) in [5, 5.41) is 1.46. The standard InChI is InChI=1S/C21H13ClFN/c22-16-8-4-7-15(11-16)21-13-18(14-5-2-1-3-6-14)19-12-17(23)9-10-20(19)24-21/h1-13H. The highest BCUT2D eigenvalue weighted by atomic mass is 35.5. The molecule has 0 aliphatic carbocycles. The SMILES string of the molecule is Fc1ccc2nc(-c3cccc(Cl)c3)cc(-c3ccccc3)c2c1. The molecule has 24 heavy (non-hydrogen) atoms. The van der Waals surface area contributed by atoms with Crippen LogP contribution in [0.2, 0.25) is 5.02 Å². The number of aromatic nitrogens is 1. The predicted molar refractivity (Wildman–Crippen MR) is 97.6 cm³/mol. The number of halogens is 2. The molecule has 1 aromatic heterocycles. The second-order valence-corrected chi connectivity index (χ2v) is 6.03. The molecule has 0 spiro atoms. The smallest absolute Gasteiger partial charge is 0.123 e. The Morgan fingerprint density at radius 3 is 2.33 bits per heavy atom. The number of hydrogen-bond acceptors (Lipinski definition) is 1. The van der Waals surface area contributed by atoms with Gasteiger partial charge in [0.25, 0.3) is 0 Å². The maximum atomic E-state index is 13.8. The van der Waals surface area contributed by atoms with E-state index in [0.717, 1.165) is 33.3 Å². The Bertz CT molecular complexity index is 1030. The lowest BCUT2D eigenvalue weighted by molar-refractivity contribution is 0.629. The van der Waals surface area contributed by atoms with Crippen LogP contribution in [0.4, 0.5) is 4.39 Å². The molecule has 0 saturated heterocycles. The zero-order valence-corrected chi connectivity index (χ0v) is 13.5. The third-order valence-corrected chi connectivity index (χ3v) is 4.21. The van der Waals surface area contributed by atoms with Crippen LogP contribution in [0, 0.1) is 5.82 Å². The van der Waals surface area contributed by atoms with E-state index < -0.39 is 0 Å². The fraction of sp³-hybridized carbons (Fsp3) is 0. The minimum atomic E-state index is -0.267. The summed E-state index contributed by atoms with van der Waals surface area (Å²) >= 11 is 6.11. The zero-order chi connectivity index (χ0) is 16.5. The Morgan fingerprint density at radius 2 is 1.54 bits per heavy atom. The third kappa shape index (κ3) is 2.77. The minimum Gasteiger partial charge on any atom is -0.248 e. The van der Waals surface area contributed by atoms with E-state index in [1.165, 1.54) is 12.1 Å². The molecule has 0 radical (unpaired) electrons. The molecule has 0 saturated carbocycles. The molecule has 3 heteroatoms. The van der Waals surface area contributed by atoms with Gasteiger partial charge in [-0.05, 0) is 47.5 Å². The number of rotatable bonds is 2. The molecule has 3 aromatic carbocycles. The quantitative estimate of drug-likeness (QED) is 0.416. The number of hydrogen-bond donors (Lipinski definition) is 0. The molecule has 116 valence electrons. The molecule has 0 N–H and O–H groups in total. The fourth-order valence-corrected chi connectivity index (χ4v) is 3.04. The molecular formula is C21H13ClFN. The molecule has 4 aromatic rings. The Morgan fingerprint density at radius 1 is 0.750 bits per heavy atom. The number of fused-ring (bicyclic) bond motifs is 1. The van der Waals surface area contributed by atoms with Crippen molar-refractivity contribution in [3.63, 3.8) is 0 Å². The Kier molecular flexibility index (Phi) is 3.75. The van der Waals surface area contributed by atoms with E-state index in [1.54, 1.807) is 6.07 Å². The van der Waals surface area contributed by atoms with Gasteiger partial charge in [-0.25, -0.2) is 9.37 Å². The van der Waals surface area contributed by atoms with Gasteiger partial charge in [-0.3, -0.25) is 0 Å². The number of nitrogens with zero attached hydrogens (tertiary/aromatic N) is 1. The molecule has 1 heterocycles. The van der Waals surface area contributed by atoms with E-state index in [2.05, 4.69) is 4.98 Å². The van der Waals surface area contributed by atoms with Crippen LogP contribution in [-0.4, -0.2) is 4.98 Å². The molecule has 0 aliphatic rings. The van der Waals surface area contributed by atoms with Crippen LogP contribution in [0.3, 0.4) is 0 Å². The molecule has 0 amide bonds. The van der Waals surface area contributed by atoms with Gasteiger partial charge in [0.15, 0.2) is 0 Å². The van der Waals surface area contributed by atoms with E-state index in [4.69, 9.17) is 11.6 Å². The monoisotopic (exact) mass is 333 g/mol. The Labute approximate surface area is 144 Å². The highest BCUT2D eigenvalue weighted by Crippen LogP contribution is 2.33. The molecular weight excluding hydrogens is 321 g/mol. The van der Waals surface area contributed by atoms with Gasteiger partial charge in [-0.15, -0.1) is 0 Å². The first-order valence-corrected chi connectivity index (χ1v) is 8.00. The van der Waals surface area contributed by atoms with Gasteiger partial charge in [0.2, 0.25) is 0 Å². The first-order valence-electron chi connectivity index (χ1n) is 7.62. The van der Waals surface area contributed by atoms with Crippen molar-refractivity contribution in [2.45, 2.75) is 0 Å². The van der Waals surface area contributed by atoms with E-state index in [9.17, 15) is 4.39 Å². The maximum absolute atomic E-state index is 13.8. The van der Waals surface area contributed by atoms with Crippen LogP contribution in [0.5, 0.6) is 0 Å². The Hall–Kier alpha value is -2.71. The van der Waals surface area contributed by atoms with Crippen molar-refractivity contribution in [1.82, 2.24) is 4.98 Å². The minimum absolute atomic E-state index is 0.267. The average molecular weight is 334 g/mol. The summed E-state index contributed by atoms with van der Waals surface area (Å²) in [6, 6.07) is 24.2. The van der Waals surface area contributed by atoms with Crippen LogP contribution in [0.15, 0.2) is 78.9 Å². The predicted octanol–water partition coefficient (Wildman–Crippen LogP) is 6.36. The van der Waals surface area contributed by atoms with Crippen LogP contribution < -0.4 is 0 Å². The van der Waals surface area contributed by atoms with E-state index in [1.807, 2.05) is 60.7 Å². The fourth-order valence-electron chi connectivity index (χ4n) is 2.85. The first-order chi connectivity index (χ1) is 11.7. The molecule has 0 aliphatic heterocycles. The van der Waals surface area contributed by atoms with E-state index >= 15 is 0 Å². The second-order valence-electron chi connectivity index (χ2n) is 5.59. The number of benzene rings is 3. The van der Waals surface area contributed by atoms with Gasteiger partial charge in [0.1, 0.15) is 5.82 Å². The lowest BCUT2D eigenvalue weighted by atomic mass is 9.98. The van der Waals surface area contributed by atoms with Crippen LogP contribution in [0.1, 0.15) is 0 Å². The Balaban J connectivity index is 2.03. The third-order valence-electron chi connectivity index (χ3n) is 3.98. The van der Waals surface area contributed by atoms with Crippen molar-refractivity contribution in [2.75, 3.05) is 0 Å². The molecule has 0 fully saturated rings. The van der Waals surface area contributed by atoms with Crippen molar-refractivity contribution in [3.05, 3.63) is 89.7 Å². The van der Waals surface area contributed by atoms with Crippen molar-refractivity contribution in [3.8, 4) is 22.4 Å². The van der Waals surface area contributed by atoms with Crippen molar-refractivity contribution in [1.29, 1.82) is 0 Å². The summed E-state index contributed by atoms with van der Waals surface area (Å²) in [6.07, 6.45) is 0. The summed E-state index contributed by atoms with van der Waals surface area (Å²) in [7, 11) is 0. The second kappa shape index (κ2) is 6.06. The molecule has 4 rings (SSSR count). The molecule has 0 unspecified atom stereocenters. The topological polar surface area (TPSA) is 12.9 Å². The van der Waals surface area contributed by atoms with Gasteiger partial charge in [0.05, 0.1) is 11.2 Å². The molecule has 0 atom stereocenters. The van der Waals surface area contributed by atoms with Crippen LogP contribution >= 0.6 is 11.6 Å². The molecule has 1 nitrogen and oxygen atoms in total. The van der Waals surface area contributed by atoms with Gasteiger partial charge >= 0.3 is 0 Å². The summed E-state index contributed by atoms with van der Waals surface area (Å²) in [6.45, 7) is 0. The average Bonchev–Trinajstić information content (AvgIpc) is 2.61. The summed E-state index contributed by atoms with van der Waals surface area (Å²) in [5.74, 6) is -0.267. The highest BCUT2D eigenvalue weighted by Gasteiger charge is 2.10. The van der Waals surface area contributed by atoms with Gasteiger partial charge < -0.3 is 0 Å². The van der Waals surface area contributed by atoms with Crippen molar-refractivity contribution in [2.24, 2.45) is 0 Å². The summed E-state index contributed by atoms with van der Waals surface area (Å²) in [4.78, 5) is 4.69. The van der Waals surface area contributed by atoms with E-state index in [-0.39, 0.29) is 5.82 Å². The zero-order valence-electron chi connectivity index (χ0n) is 12.7. The van der Waals surface area contributed by atoms with Gasteiger partial charge in [-0.2, -0.15) is 0 Å². The maximum Gasteiger partial charge on any atom is 0.123 e. The normalized spacial score (nSPS) is 10.9.